The molecule has 1 aromatic carbocycles. The summed E-state index contributed by atoms with van der Waals surface area (Å²) in [5.74, 6) is 0.0619. The van der Waals surface area contributed by atoms with Crippen LogP contribution in [0.15, 0.2) is 35.3 Å². The fourth-order valence-corrected chi connectivity index (χ4v) is 2.49. The lowest BCUT2D eigenvalue weighted by Crippen LogP contribution is -2.44. The number of guanidine groups is 1. The number of ether oxygens (including phenoxy) is 2. The van der Waals surface area contributed by atoms with E-state index in [4.69, 9.17) is 4.74 Å². The normalized spacial score (nSPS) is 15.5. The number of amides is 2. The van der Waals surface area contributed by atoms with Gasteiger partial charge in [-0.3, -0.25) is 10.6 Å². The zero-order valence-electron chi connectivity index (χ0n) is 13.8. The van der Waals surface area contributed by atoms with Crippen molar-refractivity contribution in [2.75, 3.05) is 7.11 Å². The van der Waals surface area contributed by atoms with Crippen LogP contribution in [0.25, 0.3) is 0 Å². The number of nitrogens with zero attached hydrogens (tertiary/aromatic N) is 1. The van der Waals surface area contributed by atoms with Gasteiger partial charge in [0.2, 0.25) is 5.96 Å². The monoisotopic (exact) mass is 333 g/mol. The SMILES string of the molecule is COC(=O)NC(=NC1CCCCC1)NC(=O)OCc1ccccc1. The Morgan fingerprint density at radius 1 is 1.08 bits per heavy atom. The zero-order valence-corrected chi connectivity index (χ0v) is 13.8. The molecule has 7 nitrogen and oxygen atoms in total. The summed E-state index contributed by atoms with van der Waals surface area (Å²) >= 11 is 0. The number of rotatable bonds is 3. The molecule has 2 rings (SSSR count). The van der Waals surface area contributed by atoms with Gasteiger partial charge < -0.3 is 9.47 Å². The molecular weight excluding hydrogens is 310 g/mol. The lowest BCUT2D eigenvalue weighted by atomic mass is 9.96. The van der Waals surface area contributed by atoms with Gasteiger partial charge >= 0.3 is 12.2 Å². The van der Waals surface area contributed by atoms with Crippen LogP contribution in [-0.2, 0) is 16.1 Å². The molecule has 0 atom stereocenters. The number of carbonyl (C=O) groups excluding carboxylic acids is 2. The highest BCUT2D eigenvalue weighted by molar-refractivity contribution is 6.01. The molecule has 130 valence electrons. The van der Waals surface area contributed by atoms with Crippen LogP contribution >= 0.6 is 0 Å². The molecule has 2 N–H and O–H groups in total. The summed E-state index contributed by atoms with van der Waals surface area (Å²) in [6.45, 7) is 0.140. The number of methoxy groups -OCH3 is 1. The van der Waals surface area contributed by atoms with E-state index < -0.39 is 12.2 Å². The van der Waals surface area contributed by atoms with Crippen molar-refractivity contribution in [1.29, 1.82) is 0 Å². The van der Waals surface area contributed by atoms with Gasteiger partial charge in [-0.15, -0.1) is 0 Å². The van der Waals surface area contributed by atoms with Gasteiger partial charge in [0, 0.05) is 0 Å². The Kier molecular flexibility index (Phi) is 7.07. The average Bonchev–Trinajstić information content (AvgIpc) is 2.61. The number of benzene rings is 1. The van der Waals surface area contributed by atoms with Crippen LogP contribution < -0.4 is 10.6 Å². The number of hydrogen-bond acceptors (Lipinski definition) is 5. The summed E-state index contributed by atoms with van der Waals surface area (Å²) in [4.78, 5) is 27.8. The second-order valence-electron chi connectivity index (χ2n) is 5.57. The largest absolute Gasteiger partial charge is 0.453 e. The summed E-state index contributed by atoms with van der Waals surface area (Å²) < 4.78 is 9.70. The third-order valence-corrected chi connectivity index (χ3v) is 3.73. The highest BCUT2D eigenvalue weighted by Crippen LogP contribution is 2.20. The van der Waals surface area contributed by atoms with E-state index in [-0.39, 0.29) is 18.6 Å². The zero-order chi connectivity index (χ0) is 17.2. The molecule has 1 aliphatic rings. The molecule has 7 heteroatoms. The van der Waals surface area contributed by atoms with E-state index in [1.54, 1.807) is 0 Å². The van der Waals surface area contributed by atoms with E-state index >= 15 is 0 Å². The highest BCUT2D eigenvalue weighted by atomic mass is 16.6. The molecule has 1 aromatic rings. The van der Waals surface area contributed by atoms with Gasteiger partial charge in [-0.1, -0.05) is 49.6 Å². The molecule has 1 aliphatic carbocycles. The number of hydrogen-bond donors (Lipinski definition) is 2. The first-order valence-corrected chi connectivity index (χ1v) is 8.08. The number of nitrogens with one attached hydrogen (secondary N) is 2. The molecule has 0 aliphatic heterocycles. The van der Waals surface area contributed by atoms with Crippen molar-refractivity contribution in [2.45, 2.75) is 44.8 Å². The van der Waals surface area contributed by atoms with Crippen LogP contribution in [0.5, 0.6) is 0 Å². The third kappa shape index (κ3) is 6.28. The van der Waals surface area contributed by atoms with Crippen LogP contribution in [0, 0.1) is 0 Å². The van der Waals surface area contributed by atoms with Crippen molar-refractivity contribution >= 4 is 18.1 Å². The third-order valence-electron chi connectivity index (χ3n) is 3.73. The molecule has 1 saturated carbocycles. The first kappa shape index (κ1) is 17.8. The maximum Gasteiger partial charge on any atom is 0.414 e. The van der Waals surface area contributed by atoms with E-state index in [1.807, 2.05) is 30.3 Å². The standard InChI is InChI=1S/C17H23N3O4/c1-23-16(21)19-15(18-14-10-6-3-7-11-14)20-17(22)24-12-13-8-4-2-5-9-13/h2,4-5,8-9,14H,3,6-7,10-12H2,1H3,(H2,18,19,20,21,22). The molecule has 0 unspecified atom stereocenters. The van der Waals surface area contributed by atoms with Crippen LogP contribution in [0.1, 0.15) is 37.7 Å². The second-order valence-corrected chi connectivity index (χ2v) is 5.57. The molecule has 0 radical (unpaired) electrons. The second kappa shape index (κ2) is 9.54. The minimum atomic E-state index is -0.687. The predicted molar refractivity (Wildman–Crippen MR) is 89.6 cm³/mol. The minimum Gasteiger partial charge on any atom is -0.453 e. The van der Waals surface area contributed by atoms with Crippen molar-refractivity contribution in [3.8, 4) is 0 Å². The van der Waals surface area contributed by atoms with Gasteiger partial charge in [-0.25, -0.2) is 14.6 Å². The number of carbonyl (C=O) groups is 2. The topological polar surface area (TPSA) is 89.0 Å². The Hall–Kier alpha value is -2.57. The molecule has 0 bridgehead atoms. The Morgan fingerprint density at radius 2 is 1.75 bits per heavy atom. The first-order valence-electron chi connectivity index (χ1n) is 8.08. The van der Waals surface area contributed by atoms with E-state index in [9.17, 15) is 9.59 Å². The first-order chi connectivity index (χ1) is 11.7. The van der Waals surface area contributed by atoms with Crippen molar-refractivity contribution in [3.05, 3.63) is 35.9 Å². The van der Waals surface area contributed by atoms with Gasteiger partial charge in [0.1, 0.15) is 6.61 Å². The van der Waals surface area contributed by atoms with Crippen LogP contribution in [0.4, 0.5) is 9.59 Å². The van der Waals surface area contributed by atoms with Crippen LogP contribution in [0.3, 0.4) is 0 Å². The fraction of sp³-hybridized carbons (Fsp3) is 0.471. The van der Waals surface area contributed by atoms with Crippen LogP contribution in [-0.4, -0.2) is 31.3 Å². The van der Waals surface area contributed by atoms with Crippen LogP contribution in [0.2, 0.25) is 0 Å². The maximum absolute atomic E-state index is 11.9. The Morgan fingerprint density at radius 3 is 2.42 bits per heavy atom. The van der Waals surface area contributed by atoms with Gasteiger partial charge in [0.05, 0.1) is 13.2 Å². The molecule has 0 saturated heterocycles. The summed E-state index contributed by atoms with van der Waals surface area (Å²) in [6.07, 6.45) is 3.90. The number of alkyl carbamates (subject to hydrolysis) is 2. The molecule has 0 spiro atoms. The number of aliphatic imine (C=N–C) groups is 1. The Bertz CT molecular complexity index is 568. The van der Waals surface area contributed by atoms with Gasteiger partial charge in [-0.2, -0.15) is 0 Å². The van der Waals surface area contributed by atoms with E-state index in [0.717, 1.165) is 31.2 Å². The van der Waals surface area contributed by atoms with E-state index in [1.165, 1.54) is 13.5 Å². The maximum atomic E-state index is 11.9. The van der Waals surface area contributed by atoms with E-state index in [0.29, 0.717) is 0 Å². The van der Waals surface area contributed by atoms with Gasteiger partial charge in [-0.05, 0) is 18.4 Å². The molecule has 1 fully saturated rings. The molecule has 24 heavy (non-hydrogen) atoms. The minimum absolute atomic E-state index is 0.0619. The van der Waals surface area contributed by atoms with Gasteiger partial charge in [0.25, 0.3) is 0 Å². The summed E-state index contributed by atoms with van der Waals surface area (Å²) in [5, 5.41) is 4.90. The quantitative estimate of drug-likeness (QED) is 0.657. The Balaban J connectivity index is 1.91. The lowest BCUT2D eigenvalue weighted by Gasteiger charge is -2.19. The summed E-state index contributed by atoms with van der Waals surface area (Å²) in [5.41, 5.74) is 0.874. The van der Waals surface area contributed by atoms with Gasteiger partial charge in [0.15, 0.2) is 0 Å². The van der Waals surface area contributed by atoms with Crippen molar-refractivity contribution in [1.82, 2.24) is 10.6 Å². The van der Waals surface area contributed by atoms with Crippen molar-refractivity contribution in [2.24, 2.45) is 4.99 Å². The molecule has 0 aromatic heterocycles. The van der Waals surface area contributed by atoms with Crippen molar-refractivity contribution < 1.29 is 19.1 Å². The molecule has 2 amide bonds. The van der Waals surface area contributed by atoms with E-state index in [2.05, 4.69) is 20.4 Å². The fourth-order valence-electron chi connectivity index (χ4n) is 2.49. The lowest BCUT2D eigenvalue weighted by molar-refractivity contribution is 0.144. The Labute approximate surface area is 141 Å². The highest BCUT2D eigenvalue weighted by Gasteiger charge is 2.16. The average molecular weight is 333 g/mol. The van der Waals surface area contributed by atoms with Crippen molar-refractivity contribution in [3.63, 3.8) is 0 Å². The summed E-state index contributed by atoms with van der Waals surface area (Å²) in [6, 6.07) is 9.42. The summed E-state index contributed by atoms with van der Waals surface area (Å²) in [7, 11) is 1.25. The molecular formula is C17H23N3O4. The smallest absolute Gasteiger partial charge is 0.414 e. The molecule has 0 heterocycles. The predicted octanol–water partition coefficient (Wildman–Crippen LogP) is 2.96.